The number of halogens is 2. The molecule has 0 aliphatic rings. The summed E-state index contributed by atoms with van der Waals surface area (Å²) in [6, 6.07) is 11.8. The molecule has 0 bridgehead atoms. The Morgan fingerprint density at radius 1 is 1.16 bits per heavy atom. The van der Waals surface area contributed by atoms with E-state index in [1.165, 1.54) is 18.2 Å². The van der Waals surface area contributed by atoms with Gasteiger partial charge in [0, 0.05) is 11.3 Å². The predicted molar refractivity (Wildman–Crippen MR) is 69.4 cm³/mol. The Bertz CT molecular complexity index is 685. The molecule has 0 radical (unpaired) electrons. The first-order valence-electron chi connectivity index (χ1n) is 5.61. The second kappa shape index (κ2) is 5.40. The highest BCUT2D eigenvalue weighted by molar-refractivity contribution is 6.00. The van der Waals surface area contributed by atoms with Crippen LogP contribution < -0.4 is 0 Å². The van der Waals surface area contributed by atoms with Crippen LogP contribution in [-0.2, 0) is 0 Å². The average Bonchev–Trinajstić information content (AvgIpc) is 2.41. The van der Waals surface area contributed by atoms with E-state index in [4.69, 9.17) is 5.26 Å². The zero-order valence-corrected chi connectivity index (χ0v) is 10.2. The summed E-state index contributed by atoms with van der Waals surface area (Å²) in [5, 5.41) is 8.92. The first-order valence-corrected chi connectivity index (χ1v) is 5.61. The highest BCUT2D eigenvalue weighted by atomic mass is 19.1. The van der Waals surface area contributed by atoms with Crippen LogP contribution in [-0.4, -0.2) is 5.71 Å². The third-order valence-electron chi connectivity index (χ3n) is 2.63. The molecule has 94 valence electrons. The van der Waals surface area contributed by atoms with Crippen LogP contribution in [0.1, 0.15) is 18.1 Å². The summed E-state index contributed by atoms with van der Waals surface area (Å²) >= 11 is 0. The Balaban J connectivity index is 2.48. The molecule has 0 saturated carbocycles. The molecule has 0 N–H and O–H groups in total. The number of aliphatic imine (C=N–C) groups is 1. The van der Waals surface area contributed by atoms with E-state index >= 15 is 0 Å². The van der Waals surface area contributed by atoms with Crippen LogP contribution in [0.25, 0.3) is 0 Å². The maximum Gasteiger partial charge on any atom is 0.132 e. The Hall–Kier alpha value is -2.54. The molecular weight excluding hydrogens is 246 g/mol. The Kier molecular flexibility index (Phi) is 3.67. The Morgan fingerprint density at radius 2 is 1.89 bits per heavy atom. The van der Waals surface area contributed by atoms with Crippen molar-refractivity contribution in [1.82, 2.24) is 0 Å². The molecule has 2 rings (SSSR count). The maximum atomic E-state index is 13.6. The first kappa shape index (κ1) is 12.9. The van der Waals surface area contributed by atoms with Crippen molar-refractivity contribution >= 4 is 11.4 Å². The van der Waals surface area contributed by atoms with Gasteiger partial charge < -0.3 is 0 Å². The molecule has 2 aromatic carbocycles. The van der Waals surface area contributed by atoms with Gasteiger partial charge in [-0.1, -0.05) is 18.2 Å². The predicted octanol–water partition coefficient (Wildman–Crippen LogP) is 3.98. The molecule has 0 saturated heterocycles. The smallest absolute Gasteiger partial charge is 0.132 e. The minimum atomic E-state index is -0.501. The standard InChI is InChI=1S/C15H10F2N2/c1-10(13-4-2-3-5-14(13)17)19-15-7-6-12(16)8-11(15)9-18/h2-8H,1H3. The molecule has 0 fully saturated rings. The van der Waals surface area contributed by atoms with Crippen molar-refractivity contribution < 1.29 is 8.78 Å². The summed E-state index contributed by atoms with van der Waals surface area (Å²) in [6.07, 6.45) is 0. The molecule has 19 heavy (non-hydrogen) atoms. The lowest BCUT2D eigenvalue weighted by Gasteiger charge is -2.04. The number of hydrogen-bond acceptors (Lipinski definition) is 2. The highest BCUT2D eigenvalue weighted by Gasteiger charge is 2.07. The van der Waals surface area contributed by atoms with E-state index in [0.29, 0.717) is 17.0 Å². The van der Waals surface area contributed by atoms with Crippen LogP contribution in [0.4, 0.5) is 14.5 Å². The molecule has 0 aliphatic carbocycles. The minimum absolute atomic E-state index is 0.121. The van der Waals surface area contributed by atoms with Gasteiger partial charge in [-0.05, 0) is 31.2 Å². The molecule has 0 heterocycles. The second-order valence-corrected chi connectivity index (χ2v) is 3.95. The van der Waals surface area contributed by atoms with E-state index in [1.54, 1.807) is 25.1 Å². The largest absolute Gasteiger partial charge is 0.252 e. The third-order valence-corrected chi connectivity index (χ3v) is 2.63. The summed E-state index contributed by atoms with van der Waals surface area (Å²) in [7, 11) is 0. The normalized spacial score (nSPS) is 11.2. The van der Waals surface area contributed by atoms with Crippen molar-refractivity contribution in [2.45, 2.75) is 6.92 Å². The summed E-state index contributed by atoms with van der Waals surface area (Å²) in [5.74, 6) is -0.886. The molecule has 0 aliphatic heterocycles. The number of hydrogen-bond donors (Lipinski definition) is 0. The van der Waals surface area contributed by atoms with Gasteiger partial charge in [-0.3, -0.25) is 4.99 Å². The molecule has 0 unspecified atom stereocenters. The Morgan fingerprint density at radius 3 is 2.58 bits per heavy atom. The monoisotopic (exact) mass is 256 g/mol. The third kappa shape index (κ3) is 2.83. The SMILES string of the molecule is CC(=Nc1ccc(F)cc1C#N)c1ccccc1F. The van der Waals surface area contributed by atoms with Gasteiger partial charge in [0.15, 0.2) is 0 Å². The lowest BCUT2D eigenvalue weighted by atomic mass is 10.1. The first-order chi connectivity index (χ1) is 9.11. The van der Waals surface area contributed by atoms with Crippen molar-refractivity contribution in [3.05, 3.63) is 65.2 Å². The summed E-state index contributed by atoms with van der Waals surface area (Å²) in [5.41, 5.74) is 1.23. The summed E-state index contributed by atoms with van der Waals surface area (Å²) in [4.78, 5) is 4.19. The van der Waals surface area contributed by atoms with Gasteiger partial charge in [0.05, 0.1) is 11.3 Å². The quantitative estimate of drug-likeness (QED) is 0.749. The van der Waals surface area contributed by atoms with Gasteiger partial charge in [0.2, 0.25) is 0 Å². The fraction of sp³-hybridized carbons (Fsp3) is 0.0667. The van der Waals surface area contributed by atoms with E-state index < -0.39 is 5.82 Å². The molecule has 2 nitrogen and oxygen atoms in total. The van der Waals surface area contributed by atoms with E-state index in [1.807, 2.05) is 6.07 Å². The molecule has 0 spiro atoms. The number of benzene rings is 2. The van der Waals surface area contributed by atoms with Gasteiger partial charge in [0.1, 0.15) is 17.7 Å². The van der Waals surface area contributed by atoms with E-state index in [2.05, 4.69) is 4.99 Å². The van der Waals surface area contributed by atoms with E-state index in [0.717, 1.165) is 6.07 Å². The van der Waals surface area contributed by atoms with E-state index in [9.17, 15) is 8.78 Å². The number of nitriles is 1. The van der Waals surface area contributed by atoms with Crippen molar-refractivity contribution in [3.63, 3.8) is 0 Å². The molecule has 0 atom stereocenters. The molecule has 4 heteroatoms. The molecule has 0 amide bonds. The Labute approximate surface area is 109 Å². The van der Waals surface area contributed by atoms with Crippen molar-refractivity contribution in [3.8, 4) is 6.07 Å². The van der Waals surface area contributed by atoms with Crippen molar-refractivity contribution in [2.24, 2.45) is 4.99 Å². The lowest BCUT2D eigenvalue weighted by molar-refractivity contribution is 0.625. The summed E-state index contributed by atoms with van der Waals surface area (Å²) < 4.78 is 26.6. The van der Waals surface area contributed by atoms with Gasteiger partial charge >= 0.3 is 0 Å². The van der Waals surface area contributed by atoms with Crippen LogP contribution >= 0.6 is 0 Å². The topological polar surface area (TPSA) is 36.1 Å². The highest BCUT2D eigenvalue weighted by Crippen LogP contribution is 2.21. The second-order valence-electron chi connectivity index (χ2n) is 3.95. The van der Waals surface area contributed by atoms with Crippen LogP contribution in [0, 0.1) is 23.0 Å². The fourth-order valence-electron chi connectivity index (χ4n) is 1.69. The lowest BCUT2D eigenvalue weighted by Crippen LogP contribution is -1.98. The van der Waals surface area contributed by atoms with Crippen LogP contribution in [0.15, 0.2) is 47.5 Å². The molecule has 2 aromatic rings. The van der Waals surface area contributed by atoms with Gasteiger partial charge in [0.25, 0.3) is 0 Å². The zero-order chi connectivity index (χ0) is 13.8. The van der Waals surface area contributed by atoms with Gasteiger partial charge in [-0.2, -0.15) is 5.26 Å². The fourth-order valence-corrected chi connectivity index (χ4v) is 1.69. The van der Waals surface area contributed by atoms with Crippen molar-refractivity contribution in [1.29, 1.82) is 5.26 Å². The maximum absolute atomic E-state index is 13.6. The number of rotatable bonds is 2. The summed E-state index contributed by atoms with van der Waals surface area (Å²) in [6.45, 7) is 1.64. The van der Waals surface area contributed by atoms with Crippen LogP contribution in [0.3, 0.4) is 0 Å². The zero-order valence-electron chi connectivity index (χ0n) is 10.2. The minimum Gasteiger partial charge on any atom is -0.252 e. The van der Waals surface area contributed by atoms with Crippen molar-refractivity contribution in [2.75, 3.05) is 0 Å². The molecule has 0 aromatic heterocycles. The average molecular weight is 256 g/mol. The number of nitrogens with zero attached hydrogens (tertiary/aromatic N) is 2. The van der Waals surface area contributed by atoms with Gasteiger partial charge in [-0.15, -0.1) is 0 Å². The van der Waals surface area contributed by atoms with Gasteiger partial charge in [-0.25, -0.2) is 8.78 Å². The van der Waals surface area contributed by atoms with Crippen LogP contribution in [0.5, 0.6) is 0 Å². The van der Waals surface area contributed by atoms with Crippen LogP contribution in [0.2, 0.25) is 0 Å². The molecular formula is C15H10F2N2. The van der Waals surface area contributed by atoms with E-state index in [-0.39, 0.29) is 11.4 Å².